The van der Waals surface area contributed by atoms with Crippen LogP contribution in [-0.4, -0.2) is 37.1 Å². The van der Waals surface area contributed by atoms with Crippen molar-refractivity contribution in [2.24, 2.45) is 0 Å². The van der Waals surface area contributed by atoms with E-state index in [1.807, 2.05) is 26.4 Å². The Morgan fingerprint density at radius 1 is 1.25 bits per heavy atom. The molecule has 1 heterocycles. The second-order valence-corrected chi connectivity index (χ2v) is 4.21. The van der Waals surface area contributed by atoms with Crippen molar-refractivity contribution in [2.45, 2.75) is 26.8 Å². The number of anilines is 1. The number of rotatable bonds is 5. The van der Waals surface area contributed by atoms with Crippen LogP contribution in [0.4, 0.5) is 5.82 Å². The highest BCUT2D eigenvalue weighted by molar-refractivity contribution is 5.46. The molecule has 1 aromatic rings. The molecule has 3 nitrogen and oxygen atoms in total. The summed E-state index contributed by atoms with van der Waals surface area (Å²) in [4.78, 5) is 8.96. The molecule has 3 heteroatoms. The van der Waals surface area contributed by atoms with Gasteiger partial charge in [-0.15, -0.1) is 0 Å². The molecule has 0 aliphatic carbocycles. The first kappa shape index (κ1) is 13.0. The summed E-state index contributed by atoms with van der Waals surface area (Å²) in [6.07, 6.45) is 1.85. The first-order valence-electron chi connectivity index (χ1n) is 5.98. The van der Waals surface area contributed by atoms with Crippen LogP contribution < -0.4 is 4.90 Å². The smallest absolute Gasteiger partial charge is 0.132 e. The van der Waals surface area contributed by atoms with Crippen LogP contribution in [0.5, 0.6) is 0 Å². The van der Waals surface area contributed by atoms with Gasteiger partial charge < -0.3 is 4.90 Å². The fourth-order valence-electron chi connectivity index (χ4n) is 2.08. The molecule has 90 valence electrons. The van der Waals surface area contributed by atoms with Crippen molar-refractivity contribution in [3.63, 3.8) is 0 Å². The first-order chi connectivity index (χ1) is 7.61. The van der Waals surface area contributed by atoms with E-state index in [0.29, 0.717) is 6.04 Å². The average molecular weight is 221 g/mol. The van der Waals surface area contributed by atoms with Gasteiger partial charge in [0.1, 0.15) is 5.82 Å². The second-order valence-electron chi connectivity index (χ2n) is 4.21. The molecule has 0 spiro atoms. The van der Waals surface area contributed by atoms with Gasteiger partial charge in [0.15, 0.2) is 0 Å². The third-order valence-corrected chi connectivity index (χ3v) is 3.05. The van der Waals surface area contributed by atoms with E-state index in [4.69, 9.17) is 0 Å². The Bertz CT molecular complexity index is 319. The van der Waals surface area contributed by atoms with Crippen LogP contribution in [0.15, 0.2) is 18.3 Å². The monoisotopic (exact) mass is 221 g/mol. The zero-order valence-electron chi connectivity index (χ0n) is 11.1. The highest BCUT2D eigenvalue weighted by Crippen LogP contribution is 2.26. The third-order valence-electron chi connectivity index (χ3n) is 3.05. The Labute approximate surface area is 99.1 Å². The maximum atomic E-state index is 4.45. The summed E-state index contributed by atoms with van der Waals surface area (Å²) in [5, 5.41) is 0. The minimum absolute atomic E-state index is 0.418. The maximum absolute atomic E-state index is 4.45. The molecule has 0 amide bonds. The van der Waals surface area contributed by atoms with Crippen LogP contribution in [0.25, 0.3) is 0 Å². The number of hydrogen-bond donors (Lipinski definition) is 0. The van der Waals surface area contributed by atoms with Crippen molar-refractivity contribution in [1.82, 2.24) is 9.88 Å². The Kier molecular flexibility index (Phi) is 4.74. The van der Waals surface area contributed by atoms with Crippen LogP contribution in [0, 0.1) is 0 Å². The fraction of sp³-hybridized carbons (Fsp3) is 0.615. The maximum Gasteiger partial charge on any atom is 0.132 e. The Morgan fingerprint density at radius 3 is 2.38 bits per heavy atom. The molecule has 0 bridgehead atoms. The van der Waals surface area contributed by atoms with Crippen molar-refractivity contribution in [3.8, 4) is 0 Å². The molecule has 0 N–H and O–H groups in total. The lowest BCUT2D eigenvalue weighted by Gasteiger charge is -2.29. The minimum atomic E-state index is 0.418. The summed E-state index contributed by atoms with van der Waals surface area (Å²) in [5.74, 6) is 1.07. The van der Waals surface area contributed by atoms with Crippen molar-refractivity contribution in [2.75, 3.05) is 32.1 Å². The van der Waals surface area contributed by atoms with Gasteiger partial charge in [-0.05, 0) is 26.1 Å². The van der Waals surface area contributed by atoms with Gasteiger partial charge in [-0.25, -0.2) is 4.98 Å². The van der Waals surface area contributed by atoms with Crippen LogP contribution in [0.2, 0.25) is 0 Å². The molecule has 16 heavy (non-hydrogen) atoms. The summed E-state index contributed by atoms with van der Waals surface area (Å²) in [6, 6.07) is 4.61. The number of nitrogens with zero attached hydrogens (tertiary/aromatic N) is 3. The lowest BCUT2D eigenvalue weighted by Crippen LogP contribution is -2.28. The fourth-order valence-corrected chi connectivity index (χ4v) is 2.08. The van der Waals surface area contributed by atoms with Crippen LogP contribution in [-0.2, 0) is 0 Å². The second kappa shape index (κ2) is 5.85. The van der Waals surface area contributed by atoms with Crippen LogP contribution >= 0.6 is 0 Å². The lowest BCUT2D eigenvalue weighted by molar-refractivity contribution is 0.234. The first-order valence-corrected chi connectivity index (χ1v) is 5.98. The minimum Gasteiger partial charge on any atom is -0.362 e. The molecule has 0 aliphatic rings. The molecule has 0 aromatic carbocycles. The largest absolute Gasteiger partial charge is 0.362 e. The highest BCUT2D eigenvalue weighted by atomic mass is 15.2. The molecule has 1 rings (SSSR count). The summed E-state index contributed by atoms with van der Waals surface area (Å²) in [5.41, 5.74) is 1.30. The van der Waals surface area contributed by atoms with Gasteiger partial charge in [0, 0.05) is 31.9 Å². The zero-order valence-corrected chi connectivity index (χ0v) is 11.1. The number of aromatic nitrogens is 1. The normalized spacial score (nSPS) is 12.9. The number of pyridine rings is 1. The molecule has 1 atom stereocenters. The van der Waals surface area contributed by atoms with Crippen LogP contribution in [0.1, 0.15) is 32.4 Å². The summed E-state index contributed by atoms with van der Waals surface area (Å²) < 4.78 is 0. The lowest BCUT2D eigenvalue weighted by atomic mass is 10.1. The van der Waals surface area contributed by atoms with E-state index >= 15 is 0 Å². The van der Waals surface area contributed by atoms with Crippen molar-refractivity contribution in [3.05, 3.63) is 23.9 Å². The predicted octanol–water partition coefficient (Wildman–Crippen LogP) is 2.55. The molecular weight excluding hydrogens is 198 g/mol. The molecule has 0 aliphatic heterocycles. The van der Waals surface area contributed by atoms with Crippen molar-refractivity contribution < 1.29 is 0 Å². The van der Waals surface area contributed by atoms with Gasteiger partial charge in [-0.1, -0.05) is 19.9 Å². The average Bonchev–Trinajstić information content (AvgIpc) is 2.30. The predicted molar refractivity (Wildman–Crippen MR) is 69.9 cm³/mol. The molecule has 0 saturated heterocycles. The van der Waals surface area contributed by atoms with Gasteiger partial charge in [0.2, 0.25) is 0 Å². The number of hydrogen-bond acceptors (Lipinski definition) is 3. The zero-order chi connectivity index (χ0) is 12.1. The molecule has 0 fully saturated rings. The van der Waals surface area contributed by atoms with E-state index in [1.54, 1.807) is 0 Å². The van der Waals surface area contributed by atoms with Crippen LogP contribution in [0.3, 0.4) is 0 Å². The van der Waals surface area contributed by atoms with E-state index in [0.717, 1.165) is 18.9 Å². The van der Waals surface area contributed by atoms with E-state index in [-0.39, 0.29) is 0 Å². The molecule has 0 saturated carbocycles. The summed E-state index contributed by atoms with van der Waals surface area (Å²) in [7, 11) is 4.08. The van der Waals surface area contributed by atoms with E-state index in [2.05, 4.69) is 41.6 Å². The summed E-state index contributed by atoms with van der Waals surface area (Å²) >= 11 is 0. The molecular formula is C13H23N3. The SMILES string of the molecule is CCN(CC)C(C)c1cccnc1N(C)C. The van der Waals surface area contributed by atoms with Gasteiger partial charge in [-0.2, -0.15) is 0 Å². The van der Waals surface area contributed by atoms with Gasteiger partial charge in [0.05, 0.1) is 0 Å². The van der Waals surface area contributed by atoms with Gasteiger partial charge >= 0.3 is 0 Å². The summed E-state index contributed by atoms with van der Waals surface area (Å²) in [6.45, 7) is 8.78. The molecule has 0 radical (unpaired) electrons. The van der Waals surface area contributed by atoms with E-state index in [9.17, 15) is 0 Å². The standard InChI is InChI=1S/C13H23N3/c1-6-16(7-2)11(3)12-9-8-10-14-13(12)15(4)5/h8-11H,6-7H2,1-5H3. The van der Waals surface area contributed by atoms with Crippen molar-refractivity contribution >= 4 is 5.82 Å². The third kappa shape index (κ3) is 2.73. The van der Waals surface area contributed by atoms with Gasteiger partial charge in [0.25, 0.3) is 0 Å². The topological polar surface area (TPSA) is 19.4 Å². The van der Waals surface area contributed by atoms with Gasteiger partial charge in [-0.3, -0.25) is 4.90 Å². The molecule has 1 aromatic heterocycles. The van der Waals surface area contributed by atoms with E-state index < -0.39 is 0 Å². The molecule has 1 unspecified atom stereocenters. The van der Waals surface area contributed by atoms with Crippen molar-refractivity contribution in [1.29, 1.82) is 0 Å². The Balaban J connectivity index is 3.02. The van der Waals surface area contributed by atoms with E-state index in [1.165, 1.54) is 5.56 Å². The Morgan fingerprint density at radius 2 is 1.88 bits per heavy atom. The quantitative estimate of drug-likeness (QED) is 0.761. The Hall–Kier alpha value is -1.09. The highest BCUT2D eigenvalue weighted by Gasteiger charge is 2.17.